The fraction of sp³-hybridized carbons (Fsp3) is 0.588. The molecule has 0 aliphatic heterocycles. The lowest BCUT2D eigenvalue weighted by atomic mass is 10.0. The second kappa shape index (κ2) is 6.06. The molecule has 0 heterocycles. The van der Waals surface area contributed by atoms with E-state index in [0.29, 0.717) is 12.1 Å². The van der Waals surface area contributed by atoms with Gasteiger partial charge in [-0.15, -0.1) is 0 Å². The Morgan fingerprint density at radius 1 is 1.24 bits per heavy atom. The summed E-state index contributed by atoms with van der Waals surface area (Å²) in [7, 11) is 0. The van der Waals surface area contributed by atoms with Crippen molar-refractivity contribution in [1.82, 2.24) is 5.32 Å². The van der Waals surface area contributed by atoms with Crippen molar-refractivity contribution in [2.75, 3.05) is 6.54 Å². The normalized spacial score (nSPS) is 17.5. The van der Waals surface area contributed by atoms with Crippen LogP contribution in [0.2, 0.25) is 0 Å². The predicted molar refractivity (Wildman–Crippen MR) is 82.6 cm³/mol. The van der Waals surface area contributed by atoms with Crippen LogP contribution in [0.4, 0.5) is 0 Å². The number of hydrogen-bond donors (Lipinski definition) is 2. The van der Waals surface area contributed by atoms with Crippen molar-refractivity contribution in [3.63, 3.8) is 0 Å². The molecule has 2 N–H and O–H groups in total. The first-order valence-electron chi connectivity index (χ1n) is 7.57. The van der Waals surface area contributed by atoms with E-state index in [0.717, 1.165) is 31.4 Å². The highest BCUT2D eigenvalue weighted by molar-refractivity contribution is 5.94. The summed E-state index contributed by atoms with van der Waals surface area (Å²) in [6.07, 6.45) is 3.60. The van der Waals surface area contributed by atoms with Gasteiger partial charge in [-0.25, -0.2) is 0 Å². The van der Waals surface area contributed by atoms with Gasteiger partial charge in [0.1, 0.15) is 11.4 Å². The third-order valence-corrected chi connectivity index (χ3v) is 3.65. The van der Waals surface area contributed by atoms with Crippen LogP contribution in [0, 0.1) is 0 Å². The van der Waals surface area contributed by atoms with Crippen molar-refractivity contribution < 1.29 is 14.6 Å². The number of carbonyl (C=O) groups excluding carboxylic acids is 1. The molecule has 1 aliphatic rings. The molecule has 116 valence electrons. The first kappa shape index (κ1) is 15.8. The van der Waals surface area contributed by atoms with Crippen LogP contribution in [-0.2, 0) is 0 Å². The number of aliphatic hydroxyl groups is 1. The molecule has 1 saturated carbocycles. The third-order valence-electron chi connectivity index (χ3n) is 3.65. The molecule has 4 heteroatoms. The molecule has 0 bridgehead atoms. The molecule has 0 atom stereocenters. The summed E-state index contributed by atoms with van der Waals surface area (Å²) in [5, 5.41) is 13.0. The zero-order chi connectivity index (χ0) is 15.5. The minimum atomic E-state index is -0.717. The molecule has 0 unspecified atom stereocenters. The maximum atomic E-state index is 12.1. The van der Waals surface area contributed by atoms with E-state index in [9.17, 15) is 9.90 Å². The predicted octanol–water partition coefficient (Wildman–Crippen LogP) is 2.90. The number of nitrogens with one attached hydrogen (secondary N) is 1. The number of amides is 1. The largest absolute Gasteiger partial charge is 0.488 e. The van der Waals surface area contributed by atoms with Gasteiger partial charge in [0.2, 0.25) is 0 Å². The van der Waals surface area contributed by atoms with Crippen LogP contribution in [-0.4, -0.2) is 28.8 Å². The Morgan fingerprint density at radius 3 is 2.33 bits per heavy atom. The van der Waals surface area contributed by atoms with E-state index < -0.39 is 5.60 Å². The van der Waals surface area contributed by atoms with Crippen LogP contribution < -0.4 is 10.1 Å². The molecule has 0 saturated heterocycles. The monoisotopic (exact) mass is 291 g/mol. The molecule has 1 amide bonds. The maximum absolute atomic E-state index is 12.1. The lowest BCUT2D eigenvalue weighted by Gasteiger charge is -2.22. The average Bonchev–Trinajstić information content (AvgIpc) is 2.82. The topological polar surface area (TPSA) is 58.6 Å². The van der Waals surface area contributed by atoms with E-state index in [1.807, 2.05) is 20.8 Å². The summed E-state index contributed by atoms with van der Waals surface area (Å²) in [5.41, 5.74) is -0.390. The van der Waals surface area contributed by atoms with Crippen molar-refractivity contribution in [3.8, 4) is 5.75 Å². The SMILES string of the molecule is CC(C)(C)Oc1ccc(C(=O)NCC2(O)CCCC2)cc1. The highest BCUT2D eigenvalue weighted by Gasteiger charge is 2.31. The minimum Gasteiger partial charge on any atom is -0.488 e. The van der Waals surface area contributed by atoms with Crippen LogP contribution in [0.5, 0.6) is 5.75 Å². The van der Waals surface area contributed by atoms with Gasteiger partial charge < -0.3 is 15.2 Å². The first-order valence-corrected chi connectivity index (χ1v) is 7.57. The molecule has 1 aromatic carbocycles. The Bertz CT molecular complexity index is 482. The van der Waals surface area contributed by atoms with E-state index in [4.69, 9.17) is 4.74 Å². The van der Waals surface area contributed by atoms with Crippen molar-refractivity contribution >= 4 is 5.91 Å². The van der Waals surface area contributed by atoms with E-state index in [2.05, 4.69) is 5.32 Å². The Hall–Kier alpha value is -1.55. The van der Waals surface area contributed by atoms with Gasteiger partial charge in [0.15, 0.2) is 0 Å². The van der Waals surface area contributed by atoms with Crippen LogP contribution >= 0.6 is 0 Å². The van der Waals surface area contributed by atoms with Gasteiger partial charge >= 0.3 is 0 Å². The summed E-state index contributed by atoms with van der Waals surface area (Å²) >= 11 is 0. The van der Waals surface area contributed by atoms with Gasteiger partial charge in [0.25, 0.3) is 5.91 Å². The first-order chi connectivity index (χ1) is 9.77. The van der Waals surface area contributed by atoms with E-state index in [1.165, 1.54) is 0 Å². The molecular weight excluding hydrogens is 266 g/mol. The number of carbonyl (C=O) groups is 1. The summed E-state index contributed by atoms with van der Waals surface area (Å²) < 4.78 is 5.72. The standard InChI is InChI=1S/C17H25NO3/c1-16(2,3)21-14-8-6-13(7-9-14)15(19)18-12-17(20)10-4-5-11-17/h6-9,20H,4-5,10-12H2,1-3H3,(H,18,19). The Morgan fingerprint density at radius 2 is 1.81 bits per heavy atom. The summed E-state index contributed by atoms with van der Waals surface area (Å²) in [5.74, 6) is 0.589. The highest BCUT2D eigenvalue weighted by atomic mass is 16.5. The molecule has 0 aromatic heterocycles. The lowest BCUT2D eigenvalue weighted by Crippen LogP contribution is -2.40. The second-order valence-electron chi connectivity index (χ2n) is 6.85. The van der Waals surface area contributed by atoms with E-state index in [1.54, 1.807) is 24.3 Å². The van der Waals surface area contributed by atoms with Gasteiger partial charge in [0, 0.05) is 12.1 Å². The van der Waals surface area contributed by atoms with Gasteiger partial charge in [-0.05, 0) is 57.9 Å². The zero-order valence-electron chi connectivity index (χ0n) is 13.1. The molecule has 4 nitrogen and oxygen atoms in total. The third kappa shape index (κ3) is 4.74. The van der Waals surface area contributed by atoms with Crippen molar-refractivity contribution in [2.24, 2.45) is 0 Å². The number of ether oxygens (including phenoxy) is 1. The fourth-order valence-corrected chi connectivity index (χ4v) is 2.58. The molecule has 2 rings (SSSR count). The summed E-state index contributed by atoms with van der Waals surface area (Å²) in [4.78, 5) is 12.1. The molecule has 0 radical (unpaired) electrons. The molecular formula is C17H25NO3. The van der Waals surface area contributed by atoms with Gasteiger partial charge in [0.05, 0.1) is 5.60 Å². The molecule has 1 aliphatic carbocycles. The molecule has 1 fully saturated rings. The van der Waals surface area contributed by atoms with Gasteiger partial charge in [-0.3, -0.25) is 4.79 Å². The lowest BCUT2D eigenvalue weighted by molar-refractivity contribution is 0.0449. The Labute approximate surface area is 126 Å². The summed E-state index contributed by atoms with van der Waals surface area (Å²) in [6.45, 7) is 6.27. The number of benzene rings is 1. The van der Waals surface area contributed by atoms with Crippen molar-refractivity contribution in [3.05, 3.63) is 29.8 Å². The minimum absolute atomic E-state index is 0.155. The van der Waals surface area contributed by atoms with E-state index in [-0.39, 0.29) is 11.5 Å². The fourth-order valence-electron chi connectivity index (χ4n) is 2.58. The molecule has 0 spiro atoms. The second-order valence-corrected chi connectivity index (χ2v) is 6.85. The summed E-state index contributed by atoms with van der Waals surface area (Å²) in [6, 6.07) is 7.08. The Balaban J connectivity index is 1.90. The average molecular weight is 291 g/mol. The quantitative estimate of drug-likeness (QED) is 0.896. The molecule has 1 aromatic rings. The van der Waals surface area contributed by atoms with Crippen LogP contribution in [0.3, 0.4) is 0 Å². The molecule has 21 heavy (non-hydrogen) atoms. The van der Waals surface area contributed by atoms with Crippen molar-refractivity contribution in [2.45, 2.75) is 57.7 Å². The van der Waals surface area contributed by atoms with Crippen LogP contribution in [0.25, 0.3) is 0 Å². The Kier molecular flexibility index (Phi) is 4.57. The van der Waals surface area contributed by atoms with E-state index >= 15 is 0 Å². The van der Waals surface area contributed by atoms with Crippen LogP contribution in [0.15, 0.2) is 24.3 Å². The van der Waals surface area contributed by atoms with Gasteiger partial charge in [-0.2, -0.15) is 0 Å². The smallest absolute Gasteiger partial charge is 0.251 e. The number of hydrogen-bond acceptors (Lipinski definition) is 3. The highest BCUT2D eigenvalue weighted by Crippen LogP contribution is 2.28. The zero-order valence-corrected chi connectivity index (χ0v) is 13.1. The maximum Gasteiger partial charge on any atom is 0.251 e. The van der Waals surface area contributed by atoms with Crippen molar-refractivity contribution in [1.29, 1.82) is 0 Å². The number of rotatable bonds is 4. The van der Waals surface area contributed by atoms with Crippen LogP contribution in [0.1, 0.15) is 56.8 Å². The van der Waals surface area contributed by atoms with Gasteiger partial charge in [-0.1, -0.05) is 12.8 Å².